The first-order valence-electron chi connectivity index (χ1n) is 6.54. The van der Waals surface area contributed by atoms with E-state index in [1.165, 1.54) is 11.8 Å². The maximum atomic E-state index is 11.6. The van der Waals surface area contributed by atoms with Gasteiger partial charge >= 0.3 is 12.0 Å². The van der Waals surface area contributed by atoms with Crippen LogP contribution in [0.1, 0.15) is 27.2 Å². The van der Waals surface area contributed by atoms with Gasteiger partial charge in [-0.25, -0.2) is 4.79 Å². The highest BCUT2D eigenvalue weighted by Gasteiger charge is 2.18. The standard InChI is InChI=1S/C12H23N3O4S/c1-4-14-12(18)15-10(16)8(3)20-7-6-9(13)11(17)19-5-2/h8-9H,4-7,13H2,1-3H3,(H2,14,15,16,18). The van der Waals surface area contributed by atoms with Gasteiger partial charge < -0.3 is 15.8 Å². The Balaban J connectivity index is 3.92. The Hall–Kier alpha value is -1.28. The van der Waals surface area contributed by atoms with E-state index < -0.39 is 23.3 Å². The van der Waals surface area contributed by atoms with Gasteiger partial charge in [0.2, 0.25) is 5.91 Å². The van der Waals surface area contributed by atoms with E-state index in [1.807, 2.05) is 0 Å². The normalized spacial score (nSPS) is 13.2. The lowest BCUT2D eigenvalue weighted by molar-refractivity contribution is -0.144. The third-order valence-corrected chi connectivity index (χ3v) is 3.51. The fourth-order valence-electron chi connectivity index (χ4n) is 1.23. The zero-order chi connectivity index (χ0) is 15.5. The van der Waals surface area contributed by atoms with E-state index in [4.69, 9.17) is 10.5 Å². The van der Waals surface area contributed by atoms with E-state index in [2.05, 4.69) is 10.6 Å². The van der Waals surface area contributed by atoms with E-state index >= 15 is 0 Å². The molecule has 0 fully saturated rings. The van der Waals surface area contributed by atoms with Crippen LogP contribution in [0.3, 0.4) is 0 Å². The highest BCUT2D eigenvalue weighted by atomic mass is 32.2. The molecule has 0 saturated carbocycles. The molecule has 0 saturated heterocycles. The van der Waals surface area contributed by atoms with E-state index in [9.17, 15) is 14.4 Å². The van der Waals surface area contributed by atoms with Gasteiger partial charge in [0.1, 0.15) is 6.04 Å². The molecule has 8 heteroatoms. The second-order valence-corrected chi connectivity index (χ2v) is 5.46. The molecule has 2 unspecified atom stereocenters. The summed E-state index contributed by atoms with van der Waals surface area (Å²) in [6.45, 7) is 5.92. The maximum absolute atomic E-state index is 11.6. The van der Waals surface area contributed by atoms with Crippen LogP contribution in [-0.2, 0) is 14.3 Å². The van der Waals surface area contributed by atoms with E-state index in [0.717, 1.165) is 0 Å². The minimum atomic E-state index is -0.680. The lowest BCUT2D eigenvalue weighted by Crippen LogP contribution is -2.42. The molecule has 0 rings (SSSR count). The molecule has 3 amide bonds. The van der Waals surface area contributed by atoms with Gasteiger partial charge in [-0.1, -0.05) is 0 Å². The van der Waals surface area contributed by atoms with Crippen molar-refractivity contribution in [2.45, 2.75) is 38.5 Å². The number of amides is 3. The Labute approximate surface area is 123 Å². The molecule has 0 aliphatic heterocycles. The molecular formula is C12H23N3O4S. The molecule has 20 heavy (non-hydrogen) atoms. The predicted molar refractivity (Wildman–Crippen MR) is 78.4 cm³/mol. The van der Waals surface area contributed by atoms with Gasteiger partial charge in [0.25, 0.3) is 0 Å². The van der Waals surface area contributed by atoms with Gasteiger partial charge in [0.05, 0.1) is 11.9 Å². The van der Waals surface area contributed by atoms with E-state index in [0.29, 0.717) is 25.3 Å². The van der Waals surface area contributed by atoms with Crippen molar-refractivity contribution < 1.29 is 19.1 Å². The van der Waals surface area contributed by atoms with Crippen LogP contribution in [-0.4, -0.2) is 48.1 Å². The zero-order valence-corrected chi connectivity index (χ0v) is 12.9. The number of hydrogen-bond donors (Lipinski definition) is 3. The summed E-state index contributed by atoms with van der Waals surface area (Å²) >= 11 is 1.33. The molecule has 0 aliphatic rings. The van der Waals surface area contributed by atoms with Crippen LogP contribution >= 0.6 is 11.8 Å². The summed E-state index contributed by atoms with van der Waals surface area (Å²) in [4.78, 5) is 34.1. The second kappa shape index (κ2) is 10.5. The van der Waals surface area contributed by atoms with Crippen molar-refractivity contribution in [2.75, 3.05) is 18.9 Å². The smallest absolute Gasteiger partial charge is 0.322 e. The van der Waals surface area contributed by atoms with Gasteiger partial charge in [-0.05, 0) is 32.9 Å². The largest absolute Gasteiger partial charge is 0.465 e. The Morgan fingerprint density at radius 3 is 2.50 bits per heavy atom. The molecular weight excluding hydrogens is 282 g/mol. The number of imide groups is 1. The molecule has 0 radical (unpaired) electrons. The Kier molecular flexibility index (Phi) is 9.83. The Bertz CT molecular complexity index is 339. The summed E-state index contributed by atoms with van der Waals surface area (Å²) < 4.78 is 4.78. The molecule has 0 heterocycles. The topological polar surface area (TPSA) is 111 Å². The van der Waals surface area contributed by atoms with Crippen LogP contribution in [0, 0.1) is 0 Å². The summed E-state index contributed by atoms with van der Waals surface area (Å²) in [7, 11) is 0. The first-order chi connectivity index (χ1) is 9.42. The van der Waals surface area contributed by atoms with Crippen LogP contribution in [0.15, 0.2) is 0 Å². The molecule has 2 atom stereocenters. The maximum Gasteiger partial charge on any atom is 0.322 e. The summed E-state index contributed by atoms with van der Waals surface area (Å²) in [5.74, 6) is -0.276. The van der Waals surface area contributed by atoms with Crippen LogP contribution < -0.4 is 16.4 Å². The first-order valence-corrected chi connectivity index (χ1v) is 7.59. The zero-order valence-electron chi connectivity index (χ0n) is 12.1. The molecule has 0 bridgehead atoms. The number of esters is 1. The van der Waals surface area contributed by atoms with Crippen molar-refractivity contribution in [3.8, 4) is 0 Å². The van der Waals surface area contributed by atoms with Crippen LogP contribution in [0.25, 0.3) is 0 Å². The number of carbonyl (C=O) groups is 3. The highest BCUT2D eigenvalue weighted by molar-refractivity contribution is 8.00. The molecule has 7 nitrogen and oxygen atoms in total. The minimum Gasteiger partial charge on any atom is -0.465 e. The van der Waals surface area contributed by atoms with Crippen molar-refractivity contribution in [1.29, 1.82) is 0 Å². The monoisotopic (exact) mass is 305 g/mol. The number of nitrogens with one attached hydrogen (secondary N) is 2. The van der Waals surface area contributed by atoms with Crippen molar-refractivity contribution in [1.82, 2.24) is 10.6 Å². The minimum absolute atomic E-state index is 0.297. The summed E-state index contributed by atoms with van der Waals surface area (Å²) in [6, 6.07) is -1.19. The lowest BCUT2D eigenvalue weighted by Gasteiger charge is -2.13. The van der Waals surface area contributed by atoms with Crippen LogP contribution in [0.5, 0.6) is 0 Å². The van der Waals surface area contributed by atoms with Gasteiger partial charge in [-0.3, -0.25) is 14.9 Å². The highest BCUT2D eigenvalue weighted by Crippen LogP contribution is 2.12. The second-order valence-electron chi connectivity index (χ2n) is 4.01. The average molecular weight is 305 g/mol. The average Bonchev–Trinajstić information content (AvgIpc) is 2.38. The number of thioether (sulfide) groups is 1. The van der Waals surface area contributed by atoms with Gasteiger partial charge in [-0.2, -0.15) is 0 Å². The Morgan fingerprint density at radius 1 is 1.30 bits per heavy atom. The lowest BCUT2D eigenvalue weighted by atomic mass is 10.2. The molecule has 0 aromatic carbocycles. The SMILES string of the molecule is CCNC(=O)NC(=O)C(C)SCCC(N)C(=O)OCC. The fraction of sp³-hybridized carbons (Fsp3) is 0.750. The number of hydrogen-bond acceptors (Lipinski definition) is 6. The number of ether oxygens (including phenoxy) is 1. The number of rotatable bonds is 8. The summed E-state index contributed by atoms with van der Waals surface area (Å²) in [5.41, 5.74) is 5.63. The molecule has 0 aromatic rings. The quantitative estimate of drug-likeness (QED) is 0.554. The Morgan fingerprint density at radius 2 is 1.95 bits per heavy atom. The molecule has 0 spiro atoms. The molecule has 4 N–H and O–H groups in total. The van der Waals surface area contributed by atoms with Gasteiger partial charge in [0, 0.05) is 6.54 Å². The number of carbonyl (C=O) groups excluding carboxylic acids is 3. The predicted octanol–water partition coefficient (Wildman–Crippen LogP) is 0.234. The summed E-state index contributed by atoms with van der Waals surface area (Å²) in [6.07, 6.45) is 0.419. The van der Waals surface area contributed by atoms with Crippen LogP contribution in [0.2, 0.25) is 0 Å². The third-order valence-electron chi connectivity index (χ3n) is 2.33. The number of urea groups is 1. The molecule has 0 aliphatic carbocycles. The fourth-order valence-corrected chi connectivity index (χ4v) is 2.19. The first kappa shape index (κ1) is 18.7. The van der Waals surface area contributed by atoms with Gasteiger partial charge in [0.15, 0.2) is 0 Å². The molecule has 0 aromatic heterocycles. The van der Waals surface area contributed by atoms with E-state index in [-0.39, 0.29) is 5.91 Å². The van der Waals surface area contributed by atoms with Crippen LogP contribution in [0.4, 0.5) is 4.79 Å². The summed E-state index contributed by atoms with van der Waals surface area (Å²) in [5, 5.41) is 4.31. The van der Waals surface area contributed by atoms with Crippen molar-refractivity contribution in [2.24, 2.45) is 5.73 Å². The van der Waals surface area contributed by atoms with Crippen molar-refractivity contribution >= 4 is 29.7 Å². The number of nitrogens with two attached hydrogens (primary N) is 1. The third kappa shape index (κ3) is 8.00. The van der Waals surface area contributed by atoms with E-state index in [1.54, 1.807) is 20.8 Å². The van der Waals surface area contributed by atoms with Crippen molar-refractivity contribution in [3.63, 3.8) is 0 Å². The van der Waals surface area contributed by atoms with Gasteiger partial charge in [-0.15, -0.1) is 11.8 Å². The van der Waals surface area contributed by atoms with Crippen molar-refractivity contribution in [3.05, 3.63) is 0 Å². The molecule has 116 valence electrons.